The first-order valence-corrected chi connectivity index (χ1v) is 11.8. The number of carbonyl (C=O) groups is 1. The fourth-order valence-electron chi connectivity index (χ4n) is 3.89. The quantitative estimate of drug-likeness (QED) is 0.234. The minimum absolute atomic E-state index is 0.00934. The number of phenolic OH excluding ortho intramolecular Hbond substituents is 2. The lowest BCUT2D eigenvalue weighted by atomic mass is 10.1. The van der Waals surface area contributed by atoms with Gasteiger partial charge in [0.15, 0.2) is 5.76 Å². The zero-order valence-electron chi connectivity index (χ0n) is 19.1. The first-order chi connectivity index (χ1) is 16.0. The largest absolute Gasteiger partial charge is 0.508 e. The van der Waals surface area contributed by atoms with Crippen LogP contribution in [0.4, 0.5) is 0 Å². The molecule has 0 spiro atoms. The number of phenols is 2. The molecule has 6 heteroatoms. The lowest BCUT2D eigenvalue weighted by Crippen LogP contribution is -2.16. The van der Waals surface area contributed by atoms with Crippen LogP contribution >= 0.6 is 0 Å². The summed E-state index contributed by atoms with van der Waals surface area (Å²) in [7, 11) is 0. The molecule has 6 nitrogen and oxygen atoms in total. The number of aromatic hydroxyl groups is 2. The Labute approximate surface area is 193 Å². The average molecular weight is 453 g/mol. The molecule has 3 aromatic rings. The second kappa shape index (κ2) is 12.1. The summed E-state index contributed by atoms with van der Waals surface area (Å²) >= 11 is 0. The van der Waals surface area contributed by atoms with Crippen molar-refractivity contribution in [3.05, 3.63) is 52.7 Å². The van der Waals surface area contributed by atoms with Gasteiger partial charge < -0.3 is 19.4 Å². The molecule has 0 aliphatic heterocycles. The highest BCUT2D eigenvalue weighted by atomic mass is 16.5. The Morgan fingerprint density at radius 3 is 2.21 bits per heavy atom. The summed E-state index contributed by atoms with van der Waals surface area (Å²) in [5.74, 6) is -1.36. The standard InChI is InChI=1S/C27H32O6/c1-2-3-4-5-6-7-8-9-13-16-23(30)33-27-25(31)24-21(29)17-20(28)18-22(24)32-26(27)19-14-11-10-12-15-19/h10-12,14-15,17-18,28-29H,2-9,13,16H2,1H3. The van der Waals surface area contributed by atoms with E-state index in [0.29, 0.717) is 12.0 Å². The van der Waals surface area contributed by atoms with Crippen LogP contribution < -0.4 is 10.2 Å². The Kier molecular flexibility index (Phi) is 8.93. The summed E-state index contributed by atoms with van der Waals surface area (Å²) in [6, 6.07) is 11.1. The van der Waals surface area contributed by atoms with Gasteiger partial charge in [-0.25, -0.2) is 0 Å². The van der Waals surface area contributed by atoms with E-state index in [1.807, 2.05) is 6.07 Å². The minimum Gasteiger partial charge on any atom is -0.508 e. The van der Waals surface area contributed by atoms with Crippen LogP contribution in [0.5, 0.6) is 17.2 Å². The van der Waals surface area contributed by atoms with Crippen molar-refractivity contribution >= 4 is 16.9 Å². The zero-order chi connectivity index (χ0) is 23.6. The summed E-state index contributed by atoms with van der Waals surface area (Å²) in [4.78, 5) is 25.7. The number of esters is 1. The third-order valence-corrected chi connectivity index (χ3v) is 5.65. The Hall–Kier alpha value is -3.28. The van der Waals surface area contributed by atoms with Crippen LogP contribution in [0.25, 0.3) is 22.3 Å². The number of benzene rings is 2. The van der Waals surface area contributed by atoms with Gasteiger partial charge in [0.05, 0.1) is 0 Å². The Morgan fingerprint density at radius 2 is 1.55 bits per heavy atom. The summed E-state index contributed by atoms with van der Waals surface area (Å²) < 4.78 is 11.3. The van der Waals surface area contributed by atoms with Crippen LogP contribution in [0.2, 0.25) is 0 Å². The number of hydrogen-bond acceptors (Lipinski definition) is 6. The summed E-state index contributed by atoms with van der Waals surface area (Å²) in [6.45, 7) is 2.21. The molecular formula is C27H32O6. The zero-order valence-corrected chi connectivity index (χ0v) is 19.1. The molecule has 33 heavy (non-hydrogen) atoms. The van der Waals surface area contributed by atoms with Crippen LogP contribution in [0.1, 0.15) is 71.1 Å². The van der Waals surface area contributed by atoms with E-state index in [0.717, 1.165) is 25.3 Å². The maximum absolute atomic E-state index is 13.1. The van der Waals surface area contributed by atoms with Crippen LogP contribution in [0.3, 0.4) is 0 Å². The molecule has 2 aromatic carbocycles. The second-order valence-electron chi connectivity index (χ2n) is 8.35. The van der Waals surface area contributed by atoms with Crippen molar-refractivity contribution in [2.45, 2.75) is 71.1 Å². The van der Waals surface area contributed by atoms with E-state index in [2.05, 4.69) is 6.92 Å². The number of fused-ring (bicyclic) bond motifs is 1. The highest BCUT2D eigenvalue weighted by molar-refractivity contribution is 5.89. The van der Waals surface area contributed by atoms with Crippen molar-refractivity contribution in [3.63, 3.8) is 0 Å². The van der Waals surface area contributed by atoms with Crippen molar-refractivity contribution in [3.8, 4) is 28.6 Å². The molecule has 2 N–H and O–H groups in total. The van der Waals surface area contributed by atoms with E-state index in [1.165, 1.54) is 38.2 Å². The molecule has 0 bridgehead atoms. The fourth-order valence-corrected chi connectivity index (χ4v) is 3.89. The lowest BCUT2D eigenvalue weighted by Gasteiger charge is -2.11. The van der Waals surface area contributed by atoms with Crippen molar-refractivity contribution < 1.29 is 24.2 Å². The van der Waals surface area contributed by atoms with E-state index in [1.54, 1.807) is 24.3 Å². The molecule has 0 saturated heterocycles. The second-order valence-corrected chi connectivity index (χ2v) is 8.35. The average Bonchev–Trinajstić information content (AvgIpc) is 2.79. The molecule has 0 unspecified atom stereocenters. The molecule has 0 aliphatic rings. The highest BCUT2D eigenvalue weighted by Crippen LogP contribution is 2.35. The predicted molar refractivity (Wildman–Crippen MR) is 129 cm³/mol. The monoisotopic (exact) mass is 452 g/mol. The van der Waals surface area contributed by atoms with E-state index >= 15 is 0 Å². The molecule has 0 atom stereocenters. The molecule has 176 valence electrons. The van der Waals surface area contributed by atoms with Gasteiger partial charge in [0.1, 0.15) is 22.5 Å². The topological polar surface area (TPSA) is 97.0 Å². The van der Waals surface area contributed by atoms with Gasteiger partial charge in [0.2, 0.25) is 11.2 Å². The van der Waals surface area contributed by atoms with Gasteiger partial charge in [0.25, 0.3) is 0 Å². The Morgan fingerprint density at radius 1 is 0.909 bits per heavy atom. The number of unbranched alkanes of at least 4 members (excludes halogenated alkanes) is 8. The third-order valence-electron chi connectivity index (χ3n) is 5.65. The molecule has 0 aliphatic carbocycles. The van der Waals surface area contributed by atoms with Crippen LogP contribution in [0, 0.1) is 0 Å². The first-order valence-electron chi connectivity index (χ1n) is 11.8. The van der Waals surface area contributed by atoms with Crippen molar-refractivity contribution in [2.24, 2.45) is 0 Å². The predicted octanol–water partition coefficient (Wildman–Crippen LogP) is 6.70. The third kappa shape index (κ3) is 6.60. The van der Waals surface area contributed by atoms with E-state index in [4.69, 9.17) is 9.15 Å². The molecule has 3 rings (SSSR count). The van der Waals surface area contributed by atoms with Gasteiger partial charge in [-0.05, 0) is 6.42 Å². The molecule has 0 fully saturated rings. The number of ether oxygens (including phenoxy) is 1. The molecule has 1 aromatic heterocycles. The van der Waals surface area contributed by atoms with Crippen molar-refractivity contribution in [1.29, 1.82) is 0 Å². The number of rotatable bonds is 12. The van der Waals surface area contributed by atoms with Crippen LogP contribution in [-0.2, 0) is 4.79 Å². The minimum atomic E-state index is -0.659. The molecule has 1 heterocycles. The first kappa shape index (κ1) is 24.4. The van der Waals surface area contributed by atoms with Crippen molar-refractivity contribution in [2.75, 3.05) is 0 Å². The summed E-state index contributed by atoms with van der Waals surface area (Å²) in [5, 5.41) is 19.8. The van der Waals surface area contributed by atoms with Crippen LogP contribution in [-0.4, -0.2) is 16.2 Å². The smallest absolute Gasteiger partial charge is 0.311 e. The van der Waals surface area contributed by atoms with E-state index in [9.17, 15) is 19.8 Å². The fraction of sp³-hybridized carbons (Fsp3) is 0.407. The number of hydrogen-bond donors (Lipinski definition) is 2. The maximum atomic E-state index is 13.1. The van der Waals surface area contributed by atoms with Gasteiger partial charge in [-0.1, -0.05) is 88.6 Å². The molecule has 0 radical (unpaired) electrons. The Bertz CT molecular complexity index is 1120. The van der Waals surface area contributed by atoms with E-state index in [-0.39, 0.29) is 34.6 Å². The van der Waals surface area contributed by atoms with Gasteiger partial charge >= 0.3 is 5.97 Å². The van der Waals surface area contributed by atoms with E-state index < -0.39 is 17.1 Å². The van der Waals surface area contributed by atoms with Gasteiger partial charge in [-0.3, -0.25) is 9.59 Å². The highest BCUT2D eigenvalue weighted by Gasteiger charge is 2.22. The molecule has 0 saturated carbocycles. The maximum Gasteiger partial charge on any atom is 0.311 e. The van der Waals surface area contributed by atoms with Gasteiger partial charge in [-0.15, -0.1) is 0 Å². The number of carbonyl (C=O) groups excluding carboxylic acids is 1. The van der Waals surface area contributed by atoms with Gasteiger partial charge in [0, 0.05) is 24.1 Å². The SMILES string of the molecule is CCCCCCCCCCCC(=O)Oc1c(-c2ccccc2)oc2cc(O)cc(O)c2c1=O. The molecular weight excluding hydrogens is 420 g/mol. The molecule has 0 amide bonds. The van der Waals surface area contributed by atoms with Crippen LogP contribution in [0.15, 0.2) is 51.7 Å². The van der Waals surface area contributed by atoms with Crippen molar-refractivity contribution in [1.82, 2.24) is 0 Å². The normalized spacial score (nSPS) is 11.1. The Balaban J connectivity index is 1.71. The lowest BCUT2D eigenvalue weighted by molar-refractivity contribution is -0.134. The van der Waals surface area contributed by atoms with Gasteiger partial charge in [-0.2, -0.15) is 0 Å². The summed E-state index contributed by atoms with van der Waals surface area (Å²) in [5.41, 5.74) is -0.103. The summed E-state index contributed by atoms with van der Waals surface area (Å²) in [6.07, 6.45) is 10.4.